The van der Waals surface area contributed by atoms with E-state index < -0.39 is 0 Å². The third-order valence-electron chi connectivity index (χ3n) is 2.29. The van der Waals surface area contributed by atoms with Crippen LogP contribution in [0.4, 0.5) is 0 Å². The van der Waals surface area contributed by atoms with Crippen LogP contribution in [0.5, 0.6) is 5.88 Å². The Hall–Kier alpha value is -1.14. The lowest BCUT2D eigenvalue weighted by atomic mass is 10.2. The van der Waals surface area contributed by atoms with Crippen LogP contribution in [0.15, 0.2) is 39.8 Å². The highest BCUT2D eigenvalue weighted by molar-refractivity contribution is 9.10. The zero-order valence-corrected chi connectivity index (χ0v) is 12.2. The first-order chi connectivity index (χ1) is 8.70. The predicted molar refractivity (Wildman–Crippen MR) is 74.3 cm³/mol. The first-order valence-corrected chi connectivity index (χ1v) is 7.26. The molecule has 4 nitrogen and oxygen atoms in total. The largest absolute Gasteiger partial charge is 0.472 e. The number of halogens is 1. The molecule has 0 unspecified atom stereocenters. The van der Waals surface area contributed by atoms with Crippen LogP contribution in [-0.4, -0.2) is 20.9 Å². The van der Waals surface area contributed by atoms with Gasteiger partial charge in [0.1, 0.15) is 6.61 Å². The van der Waals surface area contributed by atoms with Crippen molar-refractivity contribution in [1.29, 1.82) is 0 Å². The highest BCUT2D eigenvalue weighted by Gasteiger charge is 2.08. The molecule has 0 aliphatic carbocycles. The Morgan fingerprint density at radius 3 is 2.94 bits per heavy atom. The van der Waals surface area contributed by atoms with Crippen molar-refractivity contribution >= 4 is 27.7 Å². The quantitative estimate of drug-likeness (QED) is 0.673. The Kier molecular flexibility index (Phi) is 4.54. The van der Waals surface area contributed by atoms with E-state index in [9.17, 15) is 0 Å². The zero-order valence-electron chi connectivity index (χ0n) is 9.84. The molecule has 0 saturated heterocycles. The van der Waals surface area contributed by atoms with E-state index in [0.29, 0.717) is 12.5 Å². The lowest BCUT2D eigenvalue weighted by molar-refractivity contribution is 0.141. The first-order valence-electron chi connectivity index (χ1n) is 5.48. The van der Waals surface area contributed by atoms with Gasteiger partial charge in [-0.25, -0.2) is 0 Å². The molecule has 0 saturated carbocycles. The number of nitrogens with zero attached hydrogens (tertiary/aromatic N) is 2. The Morgan fingerprint density at radius 2 is 2.28 bits per heavy atom. The van der Waals surface area contributed by atoms with Crippen LogP contribution in [-0.2, 0) is 6.61 Å². The number of hydrogen-bond acceptors (Lipinski definition) is 4. The summed E-state index contributed by atoms with van der Waals surface area (Å²) >= 11 is 5.30. The SMILES string of the molecule is CCSc1cccc(Br)c1COc1ccn(O)n1. The molecular formula is C12H13BrN2O2S. The molecule has 0 atom stereocenters. The number of rotatable bonds is 5. The summed E-state index contributed by atoms with van der Waals surface area (Å²) in [6.07, 6.45) is 1.43. The summed E-state index contributed by atoms with van der Waals surface area (Å²) < 4.78 is 6.56. The van der Waals surface area contributed by atoms with E-state index in [-0.39, 0.29) is 0 Å². The second-order valence-electron chi connectivity index (χ2n) is 3.51. The second-order valence-corrected chi connectivity index (χ2v) is 5.67. The minimum atomic E-state index is 0.403. The summed E-state index contributed by atoms with van der Waals surface area (Å²) in [5, 5.41) is 12.8. The molecule has 6 heteroatoms. The van der Waals surface area contributed by atoms with Gasteiger partial charge in [-0.05, 0) is 17.9 Å². The van der Waals surface area contributed by atoms with Crippen molar-refractivity contribution in [3.05, 3.63) is 40.5 Å². The van der Waals surface area contributed by atoms with Gasteiger partial charge in [0, 0.05) is 21.0 Å². The molecule has 1 N–H and O–H groups in total. The fraction of sp³-hybridized carbons (Fsp3) is 0.250. The molecule has 1 heterocycles. The van der Waals surface area contributed by atoms with Crippen molar-refractivity contribution < 1.29 is 9.94 Å². The standard InChI is InChI=1S/C12H13BrN2O2S/c1-2-18-11-5-3-4-10(13)9(11)8-17-12-6-7-15(16)14-12/h3-7,16H,2,8H2,1H3. The smallest absolute Gasteiger partial charge is 0.236 e. The maximum absolute atomic E-state index is 9.06. The number of thioether (sulfide) groups is 1. The average Bonchev–Trinajstić information content (AvgIpc) is 2.75. The normalized spacial score (nSPS) is 10.6. The van der Waals surface area contributed by atoms with Crippen LogP contribution < -0.4 is 4.74 Å². The Balaban J connectivity index is 2.12. The summed E-state index contributed by atoms with van der Waals surface area (Å²) in [5.41, 5.74) is 1.09. The third kappa shape index (κ3) is 3.20. The third-order valence-corrected chi connectivity index (χ3v) is 4.02. The second kappa shape index (κ2) is 6.15. The van der Waals surface area contributed by atoms with Gasteiger partial charge < -0.3 is 9.94 Å². The van der Waals surface area contributed by atoms with Gasteiger partial charge in [-0.15, -0.1) is 16.6 Å². The van der Waals surface area contributed by atoms with Gasteiger partial charge in [-0.3, -0.25) is 0 Å². The van der Waals surface area contributed by atoms with Crippen LogP contribution in [0.25, 0.3) is 0 Å². The first kappa shape index (κ1) is 13.3. The summed E-state index contributed by atoms with van der Waals surface area (Å²) in [5.74, 6) is 1.41. The van der Waals surface area contributed by atoms with Crippen LogP contribution in [0.1, 0.15) is 12.5 Å². The molecule has 2 aromatic rings. The van der Waals surface area contributed by atoms with Crippen LogP contribution >= 0.6 is 27.7 Å². The van der Waals surface area contributed by atoms with Crippen molar-refractivity contribution in [3.8, 4) is 5.88 Å². The van der Waals surface area contributed by atoms with E-state index in [1.165, 1.54) is 11.1 Å². The van der Waals surface area contributed by atoms with Crippen LogP contribution in [0.3, 0.4) is 0 Å². The van der Waals surface area contributed by atoms with Crippen LogP contribution in [0.2, 0.25) is 0 Å². The minimum Gasteiger partial charge on any atom is -0.472 e. The average molecular weight is 329 g/mol. The van der Waals surface area contributed by atoms with Crippen molar-refractivity contribution in [3.63, 3.8) is 0 Å². The van der Waals surface area contributed by atoms with Gasteiger partial charge in [-0.2, -0.15) is 0 Å². The molecule has 0 spiro atoms. The van der Waals surface area contributed by atoms with Gasteiger partial charge in [-0.1, -0.05) is 34.0 Å². The van der Waals surface area contributed by atoms with Gasteiger partial charge in [0.15, 0.2) is 0 Å². The molecule has 1 aromatic carbocycles. The molecule has 0 bridgehead atoms. The van der Waals surface area contributed by atoms with E-state index in [1.807, 2.05) is 12.1 Å². The predicted octanol–water partition coefficient (Wildman–Crippen LogP) is 3.57. The molecule has 0 aliphatic heterocycles. The van der Waals surface area contributed by atoms with Gasteiger partial charge >= 0.3 is 0 Å². The van der Waals surface area contributed by atoms with E-state index in [2.05, 4.69) is 34.0 Å². The fourth-order valence-corrected chi connectivity index (χ4v) is 2.93. The molecule has 2 rings (SSSR count). The molecule has 0 fully saturated rings. The minimum absolute atomic E-state index is 0.403. The number of aromatic nitrogens is 2. The summed E-state index contributed by atoms with van der Waals surface area (Å²) in [4.78, 5) is 1.92. The van der Waals surface area contributed by atoms with E-state index in [4.69, 9.17) is 9.94 Å². The monoisotopic (exact) mass is 328 g/mol. The number of benzene rings is 1. The molecule has 0 aliphatic rings. The van der Waals surface area contributed by atoms with Crippen molar-refractivity contribution in [2.75, 3.05) is 5.75 Å². The lowest BCUT2D eigenvalue weighted by Crippen LogP contribution is -2.00. The molecule has 1 aromatic heterocycles. The van der Waals surface area contributed by atoms with Gasteiger partial charge in [0.25, 0.3) is 0 Å². The molecule has 18 heavy (non-hydrogen) atoms. The molecular weight excluding hydrogens is 316 g/mol. The molecule has 0 radical (unpaired) electrons. The number of hydrogen-bond donors (Lipinski definition) is 1. The van der Waals surface area contributed by atoms with E-state index in [0.717, 1.165) is 20.6 Å². The van der Waals surface area contributed by atoms with Crippen LogP contribution in [0, 0.1) is 0 Å². The zero-order chi connectivity index (χ0) is 13.0. The topological polar surface area (TPSA) is 47.3 Å². The summed E-state index contributed by atoms with van der Waals surface area (Å²) in [6, 6.07) is 7.68. The summed E-state index contributed by atoms with van der Waals surface area (Å²) in [7, 11) is 0. The maximum Gasteiger partial charge on any atom is 0.236 e. The number of ether oxygens (including phenoxy) is 1. The van der Waals surface area contributed by atoms with Crippen molar-refractivity contribution in [1.82, 2.24) is 9.94 Å². The van der Waals surface area contributed by atoms with E-state index >= 15 is 0 Å². The van der Waals surface area contributed by atoms with Crippen molar-refractivity contribution in [2.24, 2.45) is 0 Å². The fourth-order valence-electron chi connectivity index (χ4n) is 1.49. The Morgan fingerprint density at radius 1 is 1.44 bits per heavy atom. The lowest BCUT2D eigenvalue weighted by Gasteiger charge is -2.10. The molecule has 0 amide bonds. The van der Waals surface area contributed by atoms with Gasteiger partial charge in [0.05, 0.1) is 6.20 Å². The maximum atomic E-state index is 9.06. The van der Waals surface area contributed by atoms with E-state index in [1.54, 1.807) is 17.8 Å². The highest BCUT2D eigenvalue weighted by atomic mass is 79.9. The van der Waals surface area contributed by atoms with Gasteiger partial charge in [0.2, 0.25) is 5.88 Å². The van der Waals surface area contributed by atoms with Crippen molar-refractivity contribution in [2.45, 2.75) is 18.4 Å². The summed E-state index contributed by atoms with van der Waals surface area (Å²) in [6.45, 7) is 2.53. The Bertz CT molecular complexity index is 531. The Labute approximate surface area is 118 Å². The highest BCUT2D eigenvalue weighted by Crippen LogP contribution is 2.29. The molecule has 96 valence electrons.